The molecule has 0 aliphatic carbocycles. The Labute approximate surface area is 123 Å². The van der Waals surface area contributed by atoms with Crippen molar-refractivity contribution >= 4 is 15.9 Å². The van der Waals surface area contributed by atoms with E-state index in [0.29, 0.717) is 4.83 Å². The smallest absolute Gasteiger partial charge is 0.121 e. The highest BCUT2D eigenvalue weighted by Gasteiger charge is 2.10. The van der Waals surface area contributed by atoms with E-state index in [0.717, 1.165) is 12.2 Å². The Kier molecular flexibility index (Phi) is 4.65. The topological polar surface area (TPSA) is 9.23 Å². The van der Waals surface area contributed by atoms with Gasteiger partial charge < -0.3 is 4.74 Å². The van der Waals surface area contributed by atoms with Gasteiger partial charge in [0.2, 0.25) is 0 Å². The second-order valence-corrected chi connectivity index (χ2v) is 6.00. The van der Waals surface area contributed by atoms with Crippen molar-refractivity contribution in [3.63, 3.8) is 0 Å². The van der Waals surface area contributed by atoms with Gasteiger partial charge in [-0.15, -0.1) is 0 Å². The summed E-state index contributed by atoms with van der Waals surface area (Å²) in [4.78, 5) is 0.332. The Morgan fingerprint density at radius 3 is 2.53 bits per heavy atom. The predicted molar refractivity (Wildman–Crippen MR) is 84.3 cm³/mol. The van der Waals surface area contributed by atoms with Crippen LogP contribution in [-0.2, 0) is 6.42 Å². The van der Waals surface area contributed by atoms with Gasteiger partial charge in [-0.05, 0) is 43.0 Å². The standard InChI is InChI=1S/C17H19BrO/c1-12-5-4-6-14(9-12)11-16(18)15-7-8-17(19-3)13(2)10-15/h4-10,16H,11H2,1-3H3. The number of halogens is 1. The first-order valence-electron chi connectivity index (χ1n) is 6.44. The molecule has 0 aliphatic heterocycles. The molecule has 0 heterocycles. The summed E-state index contributed by atoms with van der Waals surface area (Å²) in [5.74, 6) is 0.944. The molecule has 1 atom stereocenters. The van der Waals surface area contributed by atoms with Crippen LogP contribution >= 0.6 is 15.9 Å². The summed E-state index contributed by atoms with van der Waals surface area (Å²) in [5.41, 5.74) is 5.13. The van der Waals surface area contributed by atoms with Crippen molar-refractivity contribution in [2.45, 2.75) is 25.1 Å². The van der Waals surface area contributed by atoms with E-state index >= 15 is 0 Å². The first kappa shape index (κ1) is 14.1. The van der Waals surface area contributed by atoms with Crippen molar-refractivity contribution in [1.82, 2.24) is 0 Å². The van der Waals surface area contributed by atoms with Gasteiger partial charge in [0.05, 0.1) is 7.11 Å². The van der Waals surface area contributed by atoms with Crippen LogP contribution < -0.4 is 4.74 Å². The van der Waals surface area contributed by atoms with Crippen molar-refractivity contribution in [1.29, 1.82) is 0 Å². The second-order valence-electron chi connectivity index (χ2n) is 4.89. The summed E-state index contributed by atoms with van der Waals surface area (Å²) in [7, 11) is 1.71. The third kappa shape index (κ3) is 3.60. The van der Waals surface area contributed by atoms with Crippen molar-refractivity contribution in [3.05, 3.63) is 64.7 Å². The first-order valence-corrected chi connectivity index (χ1v) is 7.36. The Morgan fingerprint density at radius 2 is 1.89 bits per heavy atom. The van der Waals surface area contributed by atoms with E-state index in [4.69, 9.17) is 4.74 Å². The minimum absolute atomic E-state index is 0.332. The van der Waals surface area contributed by atoms with Gasteiger partial charge in [-0.3, -0.25) is 0 Å². The number of hydrogen-bond donors (Lipinski definition) is 0. The Balaban J connectivity index is 2.15. The van der Waals surface area contributed by atoms with Crippen LogP contribution in [0.25, 0.3) is 0 Å². The number of alkyl halides is 1. The van der Waals surface area contributed by atoms with Crippen molar-refractivity contribution in [2.75, 3.05) is 7.11 Å². The lowest BCUT2D eigenvalue weighted by Gasteiger charge is -2.13. The van der Waals surface area contributed by atoms with Gasteiger partial charge in [0.1, 0.15) is 5.75 Å². The van der Waals surface area contributed by atoms with Crippen molar-refractivity contribution in [2.24, 2.45) is 0 Å². The quantitative estimate of drug-likeness (QED) is 0.721. The molecule has 0 bridgehead atoms. The normalized spacial score (nSPS) is 12.2. The van der Waals surface area contributed by atoms with Crippen LogP contribution in [0.5, 0.6) is 5.75 Å². The molecule has 19 heavy (non-hydrogen) atoms. The fourth-order valence-electron chi connectivity index (χ4n) is 2.26. The van der Waals surface area contributed by atoms with E-state index < -0.39 is 0 Å². The van der Waals surface area contributed by atoms with Crippen LogP contribution in [0.2, 0.25) is 0 Å². The van der Waals surface area contributed by atoms with Crippen molar-refractivity contribution < 1.29 is 4.74 Å². The maximum atomic E-state index is 5.30. The number of rotatable bonds is 4. The van der Waals surface area contributed by atoms with Crippen LogP contribution in [0.3, 0.4) is 0 Å². The zero-order chi connectivity index (χ0) is 13.8. The lowest BCUT2D eigenvalue weighted by molar-refractivity contribution is 0.411. The molecule has 0 saturated carbocycles. The van der Waals surface area contributed by atoms with Crippen LogP contribution in [0.1, 0.15) is 27.1 Å². The third-order valence-electron chi connectivity index (χ3n) is 3.28. The SMILES string of the molecule is COc1ccc(C(Br)Cc2cccc(C)c2)cc1C. The fourth-order valence-corrected chi connectivity index (χ4v) is 2.92. The monoisotopic (exact) mass is 318 g/mol. The largest absolute Gasteiger partial charge is 0.496 e. The number of aryl methyl sites for hydroxylation is 2. The molecule has 2 rings (SSSR count). The maximum Gasteiger partial charge on any atom is 0.121 e. The van der Waals surface area contributed by atoms with E-state index in [-0.39, 0.29) is 0 Å². The van der Waals surface area contributed by atoms with Gasteiger partial charge in [-0.1, -0.05) is 57.9 Å². The summed E-state index contributed by atoms with van der Waals surface area (Å²) >= 11 is 3.79. The minimum Gasteiger partial charge on any atom is -0.496 e. The molecule has 2 heteroatoms. The molecule has 0 radical (unpaired) electrons. The summed E-state index contributed by atoms with van der Waals surface area (Å²) in [6, 6.07) is 15.0. The predicted octanol–water partition coefficient (Wildman–Crippen LogP) is 4.99. The van der Waals surface area contributed by atoms with Gasteiger partial charge >= 0.3 is 0 Å². The van der Waals surface area contributed by atoms with Gasteiger partial charge in [-0.25, -0.2) is 0 Å². The average molecular weight is 319 g/mol. The highest BCUT2D eigenvalue weighted by molar-refractivity contribution is 9.09. The molecule has 0 amide bonds. The average Bonchev–Trinajstić information content (AvgIpc) is 2.38. The van der Waals surface area contributed by atoms with Gasteiger partial charge in [0.15, 0.2) is 0 Å². The van der Waals surface area contributed by atoms with Gasteiger partial charge in [0.25, 0.3) is 0 Å². The van der Waals surface area contributed by atoms with E-state index in [1.165, 1.54) is 22.3 Å². The molecule has 0 N–H and O–H groups in total. The maximum absolute atomic E-state index is 5.30. The number of methoxy groups -OCH3 is 1. The molecular weight excluding hydrogens is 300 g/mol. The van der Waals surface area contributed by atoms with Crippen LogP contribution in [0, 0.1) is 13.8 Å². The molecule has 0 aliphatic rings. The minimum atomic E-state index is 0.332. The summed E-state index contributed by atoms with van der Waals surface area (Å²) in [6.07, 6.45) is 0.994. The van der Waals surface area contributed by atoms with Crippen LogP contribution in [0.15, 0.2) is 42.5 Å². The van der Waals surface area contributed by atoms with E-state index in [1.807, 2.05) is 6.07 Å². The van der Waals surface area contributed by atoms with Crippen molar-refractivity contribution in [3.8, 4) is 5.75 Å². The Morgan fingerprint density at radius 1 is 1.11 bits per heavy atom. The second kappa shape index (κ2) is 6.25. The highest BCUT2D eigenvalue weighted by atomic mass is 79.9. The zero-order valence-electron chi connectivity index (χ0n) is 11.6. The molecule has 0 spiro atoms. The molecular formula is C17H19BrO. The summed E-state index contributed by atoms with van der Waals surface area (Å²) in [5, 5.41) is 0. The van der Waals surface area contributed by atoms with Gasteiger partial charge in [0, 0.05) is 4.83 Å². The third-order valence-corrected chi connectivity index (χ3v) is 4.13. The van der Waals surface area contributed by atoms with E-state index in [9.17, 15) is 0 Å². The molecule has 0 fully saturated rings. The number of hydrogen-bond acceptors (Lipinski definition) is 1. The first-order chi connectivity index (χ1) is 9.10. The summed E-state index contributed by atoms with van der Waals surface area (Å²) in [6.45, 7) is 4.21. The van der Waals surface area contributed by atoms with E-state index in [2.05, 4.69) is 66.2 Å². The van der Waals surface area contributed by atoms with Crippen LogP contribution in [0.4, 0.5) is 0 Å². The lowest BCUT2D eigenvalue weighted by atomic mass is 10.0. The molecule has 2 aromatic carbocycles. The molecule has 0 saturated heterocycles. The molecule has 0 aromatic heterocycles. The lowest BCUT2D eigenvalue weighted by Crippen LogP contribution is -1.97. The van der Waals surface area contributed by atoms with E-state index in [1.54, 1.807) is 7.11 Å². The zero-order valence-corrected chi connectivity index (χ0v) is 13.2. The molecule has 1 unspecified atom stereocenters. The number of ether oxygens (including phenoxy) is 1. The fraction of sp³-hybridized carbons (Fsp3) is 0.294. The van der Waals surface area contributed by atoms with Crippen LogP contribution in [-0.4, -0.2) is 7.11 Å². The summed E-state index contributed by atoms with van der Waals surface area (Å²) < 4.78 is 5.30. The Bertz CT molecular complexity index is 563. The van der Waals surface area contributed by atoms with Gasteiger partial charge in [-0.2, -0.15) is 0 Å². The Hall–Kier alpha value is -1.28. The molecule has 100 valence electrons. The molecule has 2 aromatic rings. The number of benzene rings is 2. The molecule has 1 nitrogen and oxygen atoms in total. The highest BCUT2D eigenvalue weighted by Crippen LogP contribution is 2.30.